The number of aromatic nitrogens is 3. The zero-order valence-corrected chi connectivity index (χ0v) is 12.8. The molecule has 1 amide bonds. The summed E-state index contributed by atoms with van der Waals surface area (Å²) >= 11 is 0. The summed E-state index contributed by atoms with van der Waals surface area (Å²) in [5.41, 5.74) is 0.882. The number of rotatable bonds is 6. The number of ether oxygens (including phenoxy) is 1. The largest absolute Gasteiger partial charge is 0.480 e. The second-order valence-corrected chi connectivity index (χ2v) is 4.86. The summed E-state index contributed by atoms with van der Waals surface area (Å²) in [5.74, 6) is -1.74. The van der Waals surface area contributed by atoms with E-state index in [1.54, 1.807) is 6.92 Å². The van der Waals surface area contributed by atoms with Gasteiger partial charge in [0.2, 0.25) is 0 Å². The van der Waals surface area contributed by atoms with Crippen LogP contribution in [0.25, 0.3) is 5.69 Å². The Bertz CT molecular complexity index is 746. The smallest absolute Gasteiger partial charge is 0.387 e. The van der Waals surface area contributed by atoms with E-state index in [1.807, 2.05) is 0 Å². The van der Waals surface area contributed by atoms with Gasteiger partial charge in [-0.15, -0.1) is 5.10 Å². The zero-order chi connectivity index (χ0) is 17.9. The molecule has 2 aromatic rings. The number of benzene rings is 1. The molecule has 0 aliphatic heterocycles. The van der Waals surface area contributed by atoms with Gasteiger partial charge in [-0.3, -0.25) is 9.59 Å². The predicted molar refractivity (Wildman–Crippen MR) is 77.3 cm³/mol. The molecular weight excluding hydrogens is 326 g/mol. The number of carbonyl (C=O) groups is 2. The average Bonchev–Trinajstić information content (AvgIpc) is 2.87. The Morgan fingerprint density at radius 3 is 2.50 bits per heavy atom. The van der Waals surface area contributed by atoms with Crippen LogP contribution in [0.2, 0.25) is 0 Å². The van der Waals surface area contributed by atoms with Crippen molar-refractivity contribution >= 4 is 11.9 Å². The quantitative estimate of drug-likeness (QED) is 0.852. The molecular formula is C14H14F2N4O4. The third kappa shape index (κ3) is 3.83. The monoisotopic (exact) mass is 340 g/mol. The van der Waals surface area contributed by atoms with Crippen molar-refractivity contribution in [3.05, 3.63) is 35.7 Å². The number of alkyl halides is 2. The van der Waals surface area contributed by atoms with Gasteiger partial charge in [0, 0.05) is 7.05 Å². The zero-order valence-electron chi connectivity index (χ0n) is 12.8. The first-order valence-corrected chi connectivity index (χ1v) is 6.74. The Kier molecular flexibility index (Phi) is 5.07. The highest BCUT2D eigenvalue weighted by Crippen LogP contribution is 2.19. The first-order valence-electron chi connectivity index (χ1n) is 6.74. The van der Waals surface area contributed by atoms with Crippen LogP contribution in [0.4, 0.5) is 8.78 Å². The fraction of sp³-hybridized carbons (Fsp3) is 0.286. The van der Waals surface area contributed by atoms with E-state index < -0.39 is 25.0 Å². The molecule has 10 heteroatoms. The Hall–Kier alpha value is -3.04. The molecule has 0 aliphatic rings. The van der Waals surface area contributed by atoms with Crippen LogP contribution in [0, 0.1) is 6.92 Å². The van der Waals surface area contributed by atoms with Crippen LogP contribution in [0.5, 0.6) is 5.75 Å². The molecule has 0 fully saturated rings. The number of likely N-dealkylation sites (N-methyl/N-ethyl adjacent to an activating group) is 1. The van der Waals surface area contributed by atoms with Crippen molar-refractivity contribution < 1.29 is 28.2 Å². The van der Waals surface area contributed by atoms with Crippen LogP contribution >= 0.6 is 0 Å². The molecule has 8 nitrogen and oxygen atoms in total. The minimum absolute atomic E-state index is 0.00616. The molecule has 128 valence electrons. The van der Waals surface area contributed by atoms with Crippen molar-refractivity contribution in [1.29, 1.82) is 0 Å². The topological polar surface area (TPSA) is 97.5 Å². The van der Waals surface area contributed by atoms with E-state index in [0.29, 0.717) is 11.4 Å². The number of carboxylic acids is 1. The maximum Gasteiger partial charge on any atom is 0.387 e. The molecule has 0 unspecified atom stereocenters. The molecule has 0 saturated carbocycles. The molecule has 2 rings (SSSR count). The van der Waals surface area contributed by atoms with Crippen molar-refractivity contribution in [2.45, 2.75) is 13.5 Å². The lowest BCUT2D eigenvalue weighted by atomic mass is 10.2. The molecule has 1 aromatic carbocycles. The lowest BCUT2D eigenvalue weighted by Gasteiger charge is -2.13. The van der Waals surface area contributed by atoms with Crippen molar-refractivity contribution in [2.24, 2.45) is 0 Å². The number of hydrogen-bond donors (Lipinski definition) is 1. The highest BCUT2D eigenvalue weighted by molar-refractivity contribution is 5.94. The first-order chi connectivity index (χ1) is 11.3. The number of halogens is 2. The first kappa shape index (κ1) is 17.3. The SMILES string of the molecule is Cc1c(C(=O)N(C)CC(=O)O)nnn1-c1ccc(OC(F)F)cc1. The van der Waals surface area contributed by atoms with Crippen LogP contribution in [0.15, 0.2) is 24.3 Å². The van der Waals surface area contributed by atoms with E-state index in [-0.39, 0.29) is 11.4 Å². The predicted octanol–water partition coefficient (Wildman–Crippen LogP) is 1.33. The average molecular weight is 340 g/mol. The third-order valence-corrected chi connectivity index (χ3v) is 3.12. The van der Waals surface area contributed by atoms with Crippen molar-refractivity contribution in [2.75, 3.05) is 13.6 Å². The Morgan fingerprint density at radius 1 is 1.33 bits per heavy atom. The van der Waals surface area contributed by atoms with E-state index in [2.05, 4.69) is 15.0 Å². The minimum Gasteiger partial charge on any atom is -0.480 e. The molecule has 1 aromatic heterocycles. The highest BCUT2D eigenvalue weighted by atomic mass is 19.3. The van der Waals surface area contributed by atoms with E-state index in [4.69, 9.17) is 5.11 Å². The fourth-order valence-corrected chi connectivity index (χ4v) is 2.00. The molecule has 0 atom stereocenters. The maximum absolute atomic E-state index is 12.2. The van der Waals surface area contributed by atoms with E-state index in [9.17, 15) is 18.4 Å². The van der Waals surface area contributed by atoms with Crippen LogP contribution in [-0.2, 0) is 4.79 Å². The molecule has 0 radical (unpaired) electrons. The van der Waals surface area contributed by atoms with Crippen LogP contribution in [-0.4, -0.2) is 57.1 Å². The number of carboxylic acid groups (broad SMARTS) is 1. The van der Waals surface area contributed by atoms with E-state index in [1.165, 1.54) is 36.0 Å². The molecule has 0 saturated heterocycles. The number of hydrogen-bond acceptors (Lipinski definition) is 5. The van der Waals surface area contributed by atoms with Gasteiger partial charge in [-0.25, -0.2) is 4.68 Å². The second kappa shape index (κ2) is 7.02. The summed E-state index contributed by atoms with van der Waals surface area (Å²) in [5, 5.41) is 16.3. The van der Waals surface area contributed by atoms with Gasteiger partial charge in [0.15, 0.2) is 5.69 Å². The van der Waals surface area contributed by atoms with Crippen molar-refractivity contribution in [1.82, 2.24) is 19.9 Å². The number of nitrogens with zero attached hydrogens (tertiary/aromatic N) is 4. The molecule has 0 spiro atoms. The van der Waals surface area contributed by atoms with Crippen molar-refractivity contribution in [3.8, 4) is 11.4 Å². The lowest BCUT2D eigenvalue weighted by Crippen LogP contribution is -2.32. The second-order valence-electron chi connectivity index (χ2n) is 4.86. The van der Waals surface area contributed by atoms with Gasteiger partial charge in [-0.05, 0) is 31.2 Å². The standard InChI is InChI=1S/C14H14F2N4O4/c1-8-12(13(23)19(2)7-11(21)22)17-18-20(8)9-3-5-10(6-4-9)24-14(15)16/h3-6,14H,7H2,1-2H3,(H,21,22). The van der Waals surface area contributed by atoms with Gasteiger partial charge in [-0.1, -0.05) is 5.21 Å². The van der Waals surface area contributed by atoms with Gasteiger partial charge in [0.05, 0.1) is 11.4 Å². The summed E-state index contributed by atoms with van der Waals surface area (Å²) < 4.78 is 29.9. The third-order valence-electron chi connectivity index (χ3n) is 3.12. The summed E-state index contributed by atoms with van der Waals surface area (Å²) in [6, 6.07) is 5.63. The Morgan fingerprint density at radius 2 is 1.96 bits per heavy atom. The van der Waals surface area contributed by atoms with Crippen molar-refractivity contribution in [3.63, 3.8) is 0 Å². The number of aliphatic carboxylic acids is 1. The van der Waals surface area contributed by atoms with Gasteiger partial charge >= 0.3 is 12.6 Å². The fourth-order valence-electron chi connectivity index (χ4n) is 2.00. The normalized spacial score (nSPS) is 10.7. The van der Waals surface area contributed by atoms with Crippen LogP contribution in [0.1, 0.15) is 16.2 Å². The maximum atomic E-state index is 12.2. The number of amides is 1. The molecule has 24 heavy (non-hydrogen) atoms. The Labute approximate surface area is 135 Å². The van der Waals surface area contributed by atoms with Crippen LogP contribution < -0.4 is 4.74 Å². The van der Waals surface area contributed by atoms with Crippen LogP contribution in [0.3, 0.4) is 0 Å². The summed E-state index contributed by atoms with van der Waals surface area (Å²) in [6.07, 6.45) is 0. The molecule has 1 N–H and O–H groups in total. The summed E-state index contributed by atoms with van der Waals surface area (Å²) in [7, 11) is 1.34. The van der Waals surface area contributed by atoms with Gasteiger partial charge in [-0.2, -0.15) is 8.78 Å². The Balaban J connectivity index is 2.23. The van der Waals surface area contributed by atoms with Gasteiger partial charge < -0.3 is 14.7 Å². The minimum atomic E-state index is -2.92. The lowest BCUT2D eigenvalue weighted by molar-refractivity contribution is -0.137. The van der Waals surface area contributed by atoms with E-state index >= 15 is 0 Å². The number of carbonyl (C=O) groups excluding carboxylic acids is 1. The summed E-state index contributed by atoms with van der Waals surface area (Å²) in [4.78, 5) is 23.8. The molecule has 0 bridgehead atoms. The highest BCUT2D eigenvalue weighted by Gasteiger charge is 2.22. The summed E-state index contributed by atoms with van der Waals surface area (Å²) in [6.45, 7) is -1.80. The molecule has 1 heterocycles. The van der Waals surface area contributed by atoms with Gasteiger partial charge in [0.1, 0.15) is 12.3 Å². The van der Waals surface area contributed by atoms with E-state index in [0.717, 1.165) is 4.90 Å². The van der Waals surface area contributed by atoms with Gasteiger partial charge in [0.25, 0.3) is 5.91 Å². The molecule has 0 aliphatic carbocycles.